The van der Waals surface area contributed by atoms with Crippen molar-refractivity contribution in [1.29, 1.82) is 0 Å². The third kappa shape index (κ3) is 1.89. The number of rotatable bonds is 1. The smallest absolute Gasteiger partial charge is 0.159 e. The average Bonchev–Trinajstić information content (AvgIpc) is 2.41. The Morgan fingerprint density at radius 2 is 1.94 bits per heavy atom. The molecule has 0 saturated heterocycles. The van der Waals surface area contributed by atoms with Gasteiger partial charge in [-0.25, -0.2) is 9.97 Å². The van der Waals surface area contributed by atoms with Crippen molar-refractivity contribution in [2.75, 3.05) is 5.73 Å². The van der Waals surface area contributed by atoms with Crippen molar-refractivity contribution in [3.05, 3.63) is 53.7 Å². The molecule has 2 heterocycles. The van der Waals surface area contributed by atoms with Crippen LogP contribution in [0.15, 0.2) is 48.7 Å². The van der Waals surface area contributed by atoms with Crippen molar-refractivity contribution in [3.63, 3.8) is 0 Å². The van der Waals surface area contributed by atoms with Gasteiger partial charge in [0.15, 0.2) is 5.65 Å². The summed E-state index contributed by atoms with van der Waals surface area (Å²) < 4.78 is 0. The standard InChI is InChI=1S/C14H10ClN3/c15-12-5-4-10(16)8-11(12)13-6-3-9-2-1-7-17-14(9)18-13/h1-8H,16H2. The minimum atomic E-state index is 0.631. The summed E-state index contributed by atoms with van der Waals surface area (Å²) in [5.41, 5.74) is 8.74. The maximum atomic E-state index is 6.17. The molecule has 0 saturated carbocycles. The predicted molar refractivity (Wildman–Crippen MR) is 74.4 cm³/mol. The number of aromatic nitrogens is 2. The summed E-state index contributed by atoms with van der Waals surface area (Å²) in [4.78, 5) is 8.73. The monoisotopic (exact) mass is 255 g/mol. The molecule has 4 heteroatoms. The van der Waals surface area contributed by atoms with Crippen molar-refractivity contribution < 1.29 is 0 Å². The van der Waals surface area contributed by atoms with Crippen molar-refractivity contribution in [2.45, 2.75) is 0 Å². The fourth-order valence-corrected chi connectivity index (χ4v) is 2.06. The normalized spacial score (nSPS) is 10.7. The summed E-state index contributed by atoms with van der Waals surface area (Å²) in [5, 5.41) is 1.63. The highest BCUT2D eigenvalue weighted by molar-refractivity contribution is 6.33. The van der Waals surface area contributed by atoms with E-state index in [-0.39, 0.29) is 0 Å². The van der Waals surface area contributed by atoms with Crippen LogP contribution in [0.3, 0.4) is 0 Å². The van der Waals surface area contributed by atoms with E-state index >= 15 is 0 Å². The number of pyridine rings is 2. The molecule has 0 radical (unpaired) electrons. The fourth-order valence-electron chi connectivity index (χ4n) is 1.84. The minimum Gasteiger partial charge on any atom is -0.399 e. The van der Waals surface area contributed by atoms with Gasteiger partial charge in [-0.1, -0.05) is 11.6 Å². The molecule has 2 aromatic heterocycles. The van der Waals surface area contributed by atoms with Crippen molar-refractivity contribution in [2.24, 2.45) is 0 Å². The molecule has 0 amide bonds. The Labute approximate surface area is 109 Å². The maximum absolute atomic E-state index is 6.17. The molecule has 1 aromatic carbocycles. The lowest BCUT2D eigenvalue weighted by Crippen LogP contribution is -1.90. The quantitative estimate of drug-likeness (QED) is 0.677. The maximum Gasteiger partial charge on any atom is 0.159 e. The summed E-state index contributed by atoms with van der Waals surface area (Å²) in [6.45, 7) is 0. The van der Waals surface area contributed by atoms with Crippen molar-refractivity contribution in [3.8, 4) is 11.3 Å². The third-order valence-electron chi connectivity index (χ3n) is 2.73. The van der Waals surface area contributed by atoms with Crippen LogP contribution in [-0.4, -0.2) is 9.97 Å². The van der Waals surface area contributed by atoms with Crippen LogP contribution in [0.1, 0.15) is 0 Å². The zero-order valence-electron chi connectivity index (χ0n) is 9.47. The Morgan fingerprint density at radius 3 is 2.83 bits per heavy atom. The molecule has 0 atom stereocenters. The molecule has 0 unspecified atom stereocenters. The lowest BCUT2D eigenvalue weighted by molar-refractivity contribution is 1.29. The summed E-state index contributed by atoms with van der Waals surface area (Å²) in [6.07, 6.45) is 1.72. The lowest BCUT2D eigenvalue weighted by atomic mass is 10.1. The van der Waals surface area contributed by atoms with Crippen LogP contribution in [0.5, 0.6) is 0 Å². The fraction of sp³-hybridized carbons (Fsp3) is 0. The zero-order valence-corrected chi connectivity index (χ0v) is 10.2. The first kappa shape index (κ1) is 11.0. The third-order valence-corrected chi connectivity index (χ3v) is 3.06. The van der Waals surface area contributed by atoms with Gasteiger partial charge < -0.3 is 5.73 Å². The second kappa shape index (κ2) is 4.27. The number of nitrogen functional groups attached to an aromatic ring is 1. The van der Waals surface area contributed by atoms with E-state index in [0.29, 0.717) is 16.4 Å². The predicted octanol–water partition coefficient (Wildman–Crippen LogP) is 3.53. The number of anilines is 1. The van der Waals surface area contributed by atoms with Gasteiger partial charge in [-0.2, -0.15) is 0 Å². The first-order chi connectivity index (χ1) is 8.74. The zero-order chi connectivity index (χ0) is 12.5. The van der Waals surface area contributed by atoms with E-state index < -0.39 is 0 Å². The van der Waals surface area contributed by atoms with Gasteiger partial charge in [0.2, 0.25) is 0 Å². The molecule has 0 aliphatic heterocycles. The number of hydrogen-bond acceptors (Lipinski definition) is 3. The molecule has 3 rings (SSSR count). The minimum absolute atomic E-state index is 0.631. The number of halogens is 1. The van der Waals surface area contributed by atoms with Gasteiger partial charge in [0.25, 0.3) is 0 Å². The van der Waals surface area contributed by atoms with Crippen LogP contribution in [0.4, 0.5) is 5.69 Å². The van der Waals surface area contributed by atoms with E-state index in [2.05, 4.69) is 9.97 Å². The molecule has 0 spiro atoms. The van der Waals surface area contributed by atoms with Crippen LogP contribution in [0.25, 0.3) is 22.3 Å². The molecule has 3 nitrogen and oxygen atoms in total. The van der Waals surface area contributed by atoms with Gasteiger partial charge >= 0.3 is 0 Å². The van der Waals surface area contributed by atoms with E-state index in [9.17, 15) is 0 Å². The summed E-state index contributed by atoms with van der Waals surface area (Å²) >= 11 is 6.17. The first-order valence-corrected chi connectivity index (χ1v) is 5.89. The molecule has 0 bridgehead atoms. The molecule has 0 aliphatic carbocycles. The molecule has 18 heavy (non-hydrogen) atoms. The lowest BCUT2D eigenvalue weighted by Gasteiger charge is -2.05. The summed E-state index contributed by atoms with van der Waals surface area (Å²) in [6, 6.07) is 13.1. The van der Waals surface area contributed by atoms with Gasteiger partial charge in [0, 0.05) is 22.8 Å². The Bertz CT molecular complexity index is 725. The van der Waals surface area contributed by atoms with E-state index in [1.54, 1.807) is 18.3 Å². The van der Waals surface area contributed by atoms with E-state index in [1.165, 1.54) is 0 Å². The van der Waals surface area contributed by atoms with E-state index in [4.69, 9.17) is 17.3 Å². The topological polar surface area (TPSA) is 51.8 Å². The Morgan fingerprint density at radius 1 is 1.06 bits per heavy atom. The molecular weight excluding hydrogens is 246 g/mol. The summed E-state index contributed by atoms with van der Waals surface area (Å²) in [5.74, 6) is 0. The average molecular weight is 256 g/mol. The van der Waals surface area contributed by atoms with Crippen LogP contribution in [0, 0.1) is 0 Å². The molecule has 0 fully saturated rings. The molecular formula is C14H10ClN3. The second-order valence-corrected chi connectivity index (χ2v) is 4.39. The molecule has 2 N–H and O–H groups in total. The highest BCUT2D eigenvalue weighted by Gasteiger charge is 2.06. The van der Waals surface area contributed by atoms with Crippen LogP contribution in [-0.2, 0) is 0 Å². The number of fused-ring (bicyclic) bond motifs is 1. The van der Waals surface area contributed by atoms with Gasteiger partial charge in [-0.15, -0.1) is 0 Å². The molecule has 0 aliphatic rings. The van der Waals surface area contributed by atoms with Crippen LogP contribution < -0.4 is 5.73 Å². The van der Waals surface area contributed by atoms with E-state index in [1.807, 2.05) is 30.3 Å². The number of benzene rings is 1. The first-order valence-electron chi connectivity index (χ1n) is 5.51. The number of nitrogens with zero attached hydrogens (tertiary/aromatic N) is 2. The molecule has 3 aromatic rings. The van der Waals surface area contributed by atoms with Crippen LogP contribution in [0.2, 0.25) is 5.02 Å². The second-order valence-electron chi connectivity index (χ2n) is 3.99. The highest BCUT2D eigenvalue weighted by Crippen LogP contribution is 2.29. The van der Waals surface area contributed by atoms with Gasteiger partial charge in [0.1, 0.15) is 0 Å². The van der Waals surface area contributed by atoms with Crippen molar-refractivity contribution in [1.82, 2.24) is 9.97 Å². The van der Waals surface area contributed by atoms with Gasteiger partial charge in [0.05, 0.1) is 10.7 Å². The SMILES string of the molecule is Nc1ccc(Cl)c(-c2ccc3cccnc3n2)c1. The Hall–Kier alpha value is -2.13. The Kier molecular flexibility index (Phi) is 2.61. The van der Waals surface area contributed by atoms with Gasteiger partial charge in [-0.3, -0.25) is 0 Å². The largest absolute Gasteiger partial charge is 0.399 e. The van der Waals surface area contributed by atoms with Gasteiger partial charge in [-0.05, 0) is 42.5 Å². The summed E-state index contributed by atoms with van der Waals surface area (Å²) in [7, 11) is 0. The van der Waals surface area contributed by atoms with Crippen LogP contribution >= 0.6 is 11.6 Å². The number of hydrogen-bond donors (Lipinski definition) is 1. The molecule has 88 valence electrons. The van der Waals surface area contributed by atoms with E-state index in [0.717, 1.165) is 16.6 Å². The highest BCUT2D eigenvalue weighted by atomic mass is 35.5. The van der Waals surface area contributed by atoms with Crippen molar-refractivity contribution >= 4 is 28.3 Å². The Balaban J connectivity index is 2.22. The number of nitrogens with two attached hydrogens (primary N) is 1.